The first-order valence-electron chi connectivity index (χ1n) is 5.45. The van der Waals surface area contributed by atoms with Crippen LogP contribution in [-0.2, 0) is 28.6 Å². The van der Waals surface area contributed by atoms with Gasteiger partial charge in [-0.1, -0.05) is 15.9 Å². The highest BCUT2D eigenvalue weighted by Crippen LogP contribution is 2.29. The lowest BCUT2D eigenvalue weighted by Crippen LogP contribution is -2.50. The lowest BCUT2D eigenvalue weighted by atomic mass is 10.0. The molecule has 7 heteroatoms. The van der Waals surface area contributed by atoms with E-state index in [1.54, 1.807) is 0 Å². The van der Waals surface area contributed by atoms with Crippen LogP contribution in [0.3, 0.4) is 0 Å². The number of carbonyl (C=O) groups excluding carboxylic acids is 3. The van der Waals surface area contributed by atoms with Gasteiger partial charge in [-0.3, -0.25) is 14.4 Å². The van der Waals surface area contributed by atoms with Crippen LogP contribution in [0.1, 0.15) is 27.2 Å². The van der Waals surface area contributed by atoms with E-state index in [4.69, 9.17) is 14.2 Å². The molecule has 1 saturated heterocycles. The highest BCUT2D eigenvalue weighted by Gasteiger charge is 2.42. The molecular formula is C11H15BrO6. The van der Waals surface area contributed by atoms with E-state index in [1.165, 1.54) is 20.8 Å². The van der Waals surface area contributed by atoms with Gasteiger partial charge in [-0.2, -0.15) is 0 Å². The lowest BCUT2D eigenvalue weighted by molar-refractivity contribution is -0.214. The Balaban J connectivity index is 2.80. The van der Waals surface area contributed by atoms with Gasteiger partial charge in [-0.05, 0) is 6.92 Å². The molecule has 1 heterocycles. The SMILES string of the molecule is CC(=O)O[C@H]1O[C@@H](C(C)=O)C[C@@H](OC(C)=O)[C@H]1Br. The number of Topliss-reactive ketones (excluding diaryl/α,β-unsaturated/α-hetero) is 1. The Labute approximate surface area is 113 Å². The van der Waals surface area contributed by atoms with E-state index in [1.807, 2.05) is 0 Å². The lowest BCUT2D eigenvalue weighted by Gasteiger charge is -2.36. The number of ketones is 1. The summed E-state index contributed by atoms with van der Waals surface area (Å²) in [6.45, 7) is 3.88. The molecule has 4 atom stereocenters. The van der Waals surface area contributed by atoms with E-state index in [9.17, 15) is 14.4 Å². The highest BCUT2D eigenvalue weighted by atomic mass is 79.9. The van der Waals surface area contributed by atoms with Gasteiger partial charge in [0.15, 0.2) is 5.78 Å². The molecule has 0 aromatic carbocycles. The molecule has 0 spiro atoms. The van der Waals surface area contributed by atoms with Crippen molar-refractivity contribution in [3.63, 3.8) is 0 Å². The third kappa shape index (κ3) is 4.06. The van der Waals surface area contributed by atoms with Crippen molar-refractivity contribution in [2.24, 2.45) is 0 Å². The van der Waals surface area contributed by atoms with Crippen LogP contribution in [0.5, 0.6) is 0 Å². The Kier molecular flexibility index (Phi) is 5.28. The molecule has 1 aliphatic heterocycles. The zero-order chi connectivity index (χ0) is 13.9. The summed E-state index contributed by atoms with van der Waals surface area (Å²) in [7, 11) is 0. The van der Waals surface area contributed by atoms with Crippen molar-refractivity contribution in [1.82, 2.24) is 0 Å². The van der Waals surface area contributed by atoms with E-state index in [0.717, 1.165) is 0 Å². The molecule has 0 bridgehead atoms. The van der Waals surface area contributed by atoms with Crippen LogP contribution in [0.2, 0.25) is 0 Å². The second-order valence-corrected chi connectivity index (χ2v) is 5.10. The number of halogens is 1. The van der Waals surface area contributed by atoms with E-state index >= 15 is 0 Å². The molecule has 0 radical (unpaired) electrons. The van der Waals surface area contributed by atoms with Crippen LogP contribution in [0.15, 0.2) is 0 Å². The highest BCUT2D eigenvalue weighted by molar-refractivity contribution is 9.09. The summed E-state index contributed by atoms with van der Waals surface area (Å²) in [6.07, 6.45) is -2.03. The van der Waals surface area contributed by atoms with Crippen LogP contribution in [0.4, 0.5) is 0 Å². The van der Waals surface area contributed by atoms with Crippen molar-refractivity contribution >= 4 is 33.7 Å². The molecule has 1 aliphatic rings. The summed E-state index contributed by atoms with van der Waals surface area (Å²) in [4.78, 5) is 32.8. The van der Waals surface area contributed by atoms with E-state index in [0.29, 0.717) is 0 Å². The number of esters is 2. The standard InChI is InChI=1S/C11H15BrO6/c1-5(13)8-4-9(16-6(2)14)10(12)11(18-8)17-7(3)15/h8-11H,4H2,1-3H3/t8-,9-,10-,11+/m1/s1. The van der Waals surface area contributed by atoms with E-state index in [-0.39, 0.29) is 12.2 Å². The van der Waals surface area contributed by atoms with Gasteiger partial charge >= 0.3 is 11.9 Å². The summed E-state index contributed by atoms with van der Waals surface area (Å²) in [6, 6.07) is 0. The van der Waals surface area contributed by atoms with Crippen molar-refractivity contribution in [1.29, 1.82) is 0 Å². The maximum Gasteiger partial charge on any atom is 0.304 e. The monoisotopic (exact) mass is 322 g/mol. The number of hydrogen-bond acceptors (Lipinski definition) is 6. The summed E-state index contributed by atoms with van der Waals surface area (Å²) in [5.41, 5.74) is 0. The summed E-state index contributed by atoms with van der Waals surface area (Å²) in [5.74, 6) is -1.20. The Morgan fingerprint density at radius 3 is 2.11 bits per heavy atom. The zero-order valence-corrected chi connectivity index (χ0v) is 11.9. The second-order valence-electron chi connectivity index (χ2n) is 4.04. The molecule has 1 rings (SSSR count). The first-order chi connectivity index (χ1) is 8.31. The van der Waals surface area contributed by atoms with Gasteiger partial charge in [0.1, 0.15) is 17.0 Å². The van der Waals surface area contributed by atoms with Gasteiger partial charge < -0.3 is 14.2 Å². The molecule has 18 heavy (non-hydrogen) atoms. The van der Waals surface area contributed by atoms with E-state index < -0.39 is 35.3 Å². The Hall–Kier alpha value is -0.950. The molecular weight excluding hydrogens is 308 g/mol. The smallest absolute Gasteiger partial charge is 0.304 e. The number of alkyl halides is 1. The molecule has 102 valence electrons. The maximum atomic E-state index is 11.3. The second kappa shape index (κ2) is 6.29. The average molecular weight is 323 g/mol. The van der Waals surface area contributed by atoms with Crippen LogP contribution >= 0.6 is 15.9 Å². The molecule has 1 fully saturated rings. The van der Waals surface area contributed by atoms with Crippen molar-refractivity contribution in [2.75, 3.05) is 0 Å². The van der Waals surface area contributed by atoms with Crippen molar-refractivity contribution < 1.29 is 28.6 Å². The number of rotatable bonds is 3. The molecule has 0 amide bonds. The molecule has 0 aromatic rings. The van der Waals surface area contributed by atoms with Crippen LogP contribution < -0.4 is 0 Å². The molecule has 0 saturated carbocycles. The zero-order valence-electron chi connectivity index (χ0n) is 10.3. The van der Waals surface area contributed by atoms with E-state index in [2.05, 4.69) is 15.9 Å². The normalized spacial score (nSPS) is 31.6. The van der Waals surface area contributed by atoms with Gasteiger partial charge in [0.05, 0.1) is 0 Å². The quantitative estimate of drug-likeness (QED) is 0.568. The Morgan fingerprint density at radius 1 is 1.11 bits per heavy atom. The van der Waals surface area contributed by atoms with Crippen molar-refractivity contribution in [3.05, 3.63) is 0 Å². The summed E-state index contributed by atoms with van der Waals surface area (Å²) >= 11 is 3.26. The van der Waals surface area contributed by atoms with Crippen LogP contribution in [0.25, 0.3) is 0 Å². The van der Waals surface area contributed by atoms with Gasteiger partial charge in [0.2, 0.25) is 6.29 Å². The minimum absolute atomic E-state index is 0.205. The van der Waals surface area contributed by atoms with Gasteiger partial charge in [0.25, 0.3) is 0 Å². The number of hydrogen-bond donors (Lipinski definition) is 0. The Morgan fingerprint density at radius 2 is 1.67 bits per heavy atom. The molecule has 0 aliphatic carbocycles. The third-order valence-corrected chi connectivity index (χ3v) is 3.43. The predicted octanol–water partition coefficient (Wildman–Crippen LogP) is 0.949. The average Bonchev–Trinajstić information content (AvgIpc) is 2.22. The molecule has 0 aromatic heterocycles. The molecule has 6 nitrogen and oxygen atoms in total. The number of carbonyl (C=O) groups is 3. The predicted molar refractivity (Wildman–Crippen MR) is 64.0 cm³/mol. The fourth-order valence-electron chi connectivity index (χ4n) is 1.65. The molecule has 0 unspecified atom stereocenters. The van der Waals surface area contributed by atoms with Gasteiger partial charge in [0, 0.05) is 20.3 Å². The molecule has 0 N–H and O–H groups in total. The Bertz CT molecular complexity index is 329. The first-order valence-corrected chi connectivity index (χ1v) is 6.37. The third-order valence-electron chi connectivity index (χ3n) is 2.41. The topological polar surface area (TPSA) is 78.9 Å². The van der Waals surface area contributed by atoms with Crippen LogP contribution in [-0.4, -0.2) is 41.0 Å². The summed E-state index contributed by atoms with van der Waals surface area (Å²) in [5, 5.41) is 0. The van der Waals surface area contributed by atoms with Crippen LogP contribution in [0, 0.1) is 0 Å². The summed E-state index contributed by atoms with van der Waals surface area (Å²) < 4.78 is 15.4. The van der Waals surface area contributed by atoms with Crippen molar-refractivity contribution in [2.45, 2.75) is 50.5 Å². The first kappa shape index (κ1) is 15.1. The minimum Gasteiger partial charge on any atom is -0.461 e. The van der Waals surface area contributed by atoms with Gasteiger partial charge in [-0.15, -0.1) is 0 Å². The fourth-order valence-corrected chi connectivity index (χ4v) is 2.21. The maximum absolute atomic E-state index is 11.3. The largest absolute Gasteiger partial charge is 0.461 e. The minimum atomic E-state index is -0.950. The fraction of sp³-hybridized carbons (Fsp3) is 0.727. The van der Waals surface area contributed by atoms with Crippen molar-refractivity contribution in [3.8, 4) is 0 Å². The number of ether oxygens (including phenoxy) is 3. The van der Waals surface area contributed by atoms with Gasteiger partial charge in [-0.25, -0.2) is 0 Å².